The molecular formula is C17H24O4. The Morgan fingerprint density at radius 1 is 1.05 bits per heavy atom. The van der Waals surface area contributed by atoms with Gasteiger partial charge in [0.1, 0.15) is 6.10 Å². The molecule has 3 atom stereocenters. The van der Waals surface area contributed by atoms with E-state index in [1.165, 1.54) is 0 Å². The third kappa shape index (κ3) is 3.29. The van der Waals surface area contributed by atoms with Crippen molar-refractivity contribution in [1.29, 1.82) is 0 Å². The summed E-state index contributed by atoms with van der Waals surface area (Å²) in [5.74, 6) is 0.0760. The van der Waals surface area contributed by atoms with Crippen LogP contribution < -0.4 is 0 Å². The topological polar surface area (TPSA) is 58.9 Å². The van der Waals surface area contributed by atoms with E-state index in [0.29, 0.717) is 6.61 Å². The van der Waals surface area contributed by atoms with Gasteiger partial charge in [0.05, 0.1) is 11.7 Å². The van der Waals surface area contributed by atoms with E-state index in [0.717, 1.165) is 44.5 Å². The van der Waals surface area contributed by atoms with E-state index >= 15 is 0 Å². The molecule has 21 heavy (non-hydrogen) atoms. The summed E-state index contributed by atoms with van der Waals surface area (Å²) in [7, 11) is 0. The molecule has 2 N–H and O–H groups in total. The zero-order chi connectivity index (χ0) is 14.7. The molecule has 2 saturated heterocycles. The summed E-state index contributed by atoms with van der Waals surface area (Å²) in [6.45, 7) is 2.11. The van der Waals surface area contributed by atoms with Gasteiger partial charge >= 0.3 is 0 Å². The third-order valence-corrected chi connectivity index (χ3v) is 4.88. The number of aliphatic hydroxyl groups is 2. The van der Waals surface area contributed by atoms with Gasteiger partial charge in [-0.15, -0.1) is 0 Å². The molecule has 2 fully saturated rings. The molecular weight excluding hydrogens is 268 g/mol. The van der Waals surface area contributed by atoms with Gasteiger partial charge in [0.25, 0.3) is 0 Å². The second-order valence-electron chi connectivity index (χ2n) is 6.24. The monoisotopic (exact) mass is 292 g/mol. The van der Waals surface area contributed by atoms with Crippen LogP contribution in [0, 0.1) is 5.92 Å². The van der Waals surface area contributed by atoms with Crippen molar-refractivity contribution in [1.82, 2.24) is 0 Å². The summed E-state index contributed by atoms with van der Waals surface area (Å²) >= 11 is 0. The Bertz CT molecular complexity index is 436. The average molecular weight is 292 g/mol. The van der Waals surface area contributed by atoms with Crippen molar-refractivity contribution < 1.29 is 19.7 Å². The Balaban J connectivity index is 1.68. The van der Waals surface area contributed by atoms with Crippen LogP contribution in [0.25, 0.3) is 0 Å². The molecule has 1 spiro atoms. The van der Waals surface area contributed by atoms with Crippen LogP contribution in [-0.2, 0) is 9.47 Å². The Hall–Kier alpha value is -0.940. The molecule has 0 saturated carbocycles. The lowest BCUT2D eigenvalue weighted by Crippen LogP contribution is -2.47. The minimum absolute atomic E-state index is 0.0760. The second-order valence-corrected chi connectivity index (χ2v) is 6.24. The highest BCUT2D eigenvalue weighted by atomic mass is 16.5. The van der Waals surface area contributed by atoms with Crippen molar-refractivity contribution in [3.8, 4) is 0 Å². The highest BCUT2D eigenvalue weighted by molar-refractivity contribution is 5.18. The molecule has 3 rings (SSSR count). The van der Waals surface area contributed by atoms with Crippen LogP contribution in [0.5, 0.6) is 0 Å². The SMILES string of the molecule is OC(c1ccccc1)C(O)C1CCOC2(CCOCC2)C1. The predicted octanol–water partition coefficient (Wildman–Crippen LogP) is 2.06. The highest BCUT2D eigenvalue weighted by Gasteiger charge is 2.42. The minimum atomic E-state index is -0.828. The minimum Gasteiger partial charge on any atom is -0.390 e. The fourth-order valence-electron chi connectivity index (χ4n) is 3.55. The number of benzene rings is 1. The Morgan fingerprint density at radius 3 is 2.48 bits per heavy atom. The second kappa shape index (κ2) is 6.44. The van der Waals surface area contributed by atoms with Crippen molar-refractivity contribution in [2.24, 2.45) is 5.92 Å². The van der Waals surface area contributed by atoms with Gasteiger partial charge in [0.2, 0.25) is 0 Å². The zero-order valence-electron chi connectivity index (χ0n) is 12.3. The van der Waals surface area contributed by atoms with Crippen molar-refractivity contribution in [3.05, 3.63) is 35.9 Å². The van der Waals surface area contributed by atoms with Crippen LogP contribution in [0.3, 0.4) is 0 Å². The van der Waals surface area contributed by atoms with Crippen molar-refractivity contribution in [3.63, 3.8) is 0 Å². The van der Waals surface area contributed by atoms with E-state index in [1.807, 2.05) is 30.3 Å². The van der Waals surface area contributed by atoms with Gasteiger partial charge in [-0.1, -0.05) is 30.3 Å². The lowest BCUT2D eigenvalue weighted by molar-refractivity contribution is -0.167. The highest BCUT2D eigenvalue weighted by Crippen LogP contribution is 2.40. The molecule has 0 bridgehead atoms. The quantitative estimate of drug-likeness (QED) is 0.895. The van der Waals surface area contributed by atoms with Crippen LogP contribution in [0.15, 0.2) is 30.3 Å². The van der Waals surface area contributed by atoms with E-state index in [1.54, 1.807) is 0 Å². The van der Waals surface area contributed by atoms with Gasteiger partial charge < -0.3 is 19.7 Å². The first-order valence-electron chi connectivity index (χ1n) is 7.83. The van der Waals surface area contributed by atoms with Crippen molar-refractivity contribution >= 4 is 0 Å². The first kappa shape index (κ1) is 15.0. The summed E-state index contributed by atoms with van der Waals surface area (Å²) in [6, 6.07) is 9.40. The van der Waals surface area contributed by atoms with E-state index in [-0.39, 0.29) is 11.5 Å². The Labute approximate surface area is 125 Å². The summed E-state index contributed by atoms with van der Waals surface area (Å²) in [4.78, 5) is 0. The summed E-state index contributed by atoms with van der Waals surface area (Å²) in [5, 5.41) is 21.0. The van der Waals surface area contributed by atoms with Crippen LogP contribution in [-0.4, -0.2) is 41.7 Å². The molecule has 0 radical (unpaired) electrons. The maximum Gasteiger partial charge on any atom is 0.105 e. The van der Waals surface area contributed by atoms with E-state index < -0.39 is 12.2 Å². The fourth-order valence-corrected chi connectivity index (χ4v) is 3.55. The molecule has 1 aromatic carbocycles. The maximum absolute atomic E-state index is 10.6. The van der Waals surface area contributed by atoms with Crippen LogP contribution in [0.2, 0.25) is 0 Å². The first-order chi connectivity index (χ1) is 10.2. The summed E-state index contributed by atoms with van der Waals surface area (Å²) in [6.07, 6.45) is 1.81. The molecule has 2 heterocycles. The summed E-state index contributed by atoms with van der Waals surface area (Å²) < 4.78 is 11.4. The predicted molar refractivity (Wildman–Crippen MR) is 78.9 cm³/mol. The molecule has 2 aliphatic rings. The van der Waals surface area contributed by atoms with Gasteiger partial charge in [-0.2, -0.15) is 0 Å². The van der Waals surface area contributed by atoms with Gasteiger partial charge in [-0.25, -0.2) is 0 Å². The lowest BCUT2D eigenvalue weighted by Gasteiger charge is -2.45. The molecule has 2 aliphatic heterocycles. The molecule has 4 heteroatoms. The van der Waals surface area contributed by atoms with Gasteiger partial charge in [0.15, 0.2) is 0 Å². The number of aliphatic hydroxyl groups excluding tert-OH is 2. The van der Waals surface area contributed by atoms with E-state index in [2.05, 4.69) is 0 Å². The van der Waals surface area contributed by atoms with E-state index in [9.17, 15) is 10.2 Å². The normalized spacial score (nSPS) is 28.2. The van der Waals surface area contributed by atoms with Crippen LogP contribution in [0.1, 0.15) is 37.4 Å². The van der Waals surface area contributed by atoms with Crippen molar-refractivity contribution in [2.45, 2.75) is 43.5 Å². The summed E-state index contributed by atoms with van der Waals surface area (Å²) in [5.41, 5.74) is 0.621. The maximum atomic E-state index is 10.6. The van der Waals surface area contributed by atoms with Crippen LogP contribution >= 0.6 is 0 Å². The molecule has 0 aromatic heterocycles. The van der Waals surface area contributed by atoms with Crippen LogP contribution in [0.4, 0.5) is 0 Å². The molecule has 0 aliphatic carbocycles. The number of hydrogen-bond acceptors (Lipinski definition) is 4. The van der Waals surface area contributed by atoms with E-state index in [4.69, 9.17) is 9.47 Å². The first-order valence-corrected chi connectivity index (χ1v) is 7.83. The molecule has 0 amide bonds. The molecule has 116 valence electrons. The van der Waals surface area contributed by atoms with Crippen molar-refractivity contribution in [2.75, 3.05) is 19.8 Å². The Kier molecular flexibility index (Phi) is 4.60. The zero-order valence-corrected chi connectivity index (χ0v) is 12.3. The largest absolute Gasteiger partial charge is 0.390 e. The molecule has 1 aromatic rings. The van der Waals surface area contributed by atoms with Gasteiger partial charge in [0, 0.05) is 19.8 Å². The average Bonchev–Trinajstić information content (AvgIpc) is 2.55. The Morgan fingerprint density at radius 2 is 1.76 bits per heavy atom. The number of hydrogen-bond donors (Lipinski definition) is 2. The number of ether oxygens (including phenoxy) is 2. The third-order valence-electron chi connectivity index (χ3n) is 4.88. The van der Waals surface area contributed by atoms with Gasteiger partial charge in [-0.3, -0.25) is 0 Å². The molecule has 4 nitrogen and oxygen atoms in total. The molecule has 3 unspecified atom stereocenters. The fraction of sp³-hybridized carbons (Fsp3) is 0.647. The lowest BCUT2D eigenvalue weighted by atomic mass is 9.77. The standard InChI is InChI=1S/C17H24O4/c18-15(13-4-2-1-3-5-13)16(19)14-6-9-21-17(12-14)7-10-20-11-8-17/h1-5,14-16,18-19H,6-12H2. The van der Waals surface area contributed by atoms with Gasteiger partial charge in [-0.05, 0) is 37.2 Å². The smallest absolute Gasteiger partial charge is 0.105 e. The number of rotatable bonds is 3.